The fourth-order valence-corrected chi connectivity index (χ4v) is 3.30. The summed E-state index contributed by atoms with van der Waals surface area (Å²) in [6.07, 6.45) is 1.19. The molecule has 1 nitrogen and oxygen atoms in total. The zero-order chi connectivity index (χ0) is 11.5. The molecule has 0 aliphatic rings. The van der Waals surface area contributed by atoms with E-state index in [1.54, 1.807) is 0 Å². The largest absolute Gasteiger partial charge is 0.309 e. The van der Waals surface area contributed by atoms with E-state index in [0.29, 0.717) is 6.04 Å². The lowest BCUT2D eigenvalue weighted by atomic mass is 10.1. The highest BCUT2D eigenvalue weighted by Gasteiger charge is 2.13. The summed E-state index contributed by atoms with van der Waals surface area (Å²) in [4.78, 5) is 1.48. The monoisotopic (exact) mass is 233 g/mol. The molecule has 1 heterocycles. The topological polar surface area (TPSA) is 12.0 Å². The molecule has 0 amide bonds. The molecule has 0 aliphatic heterocycles. The lowest BCUT2D eigenvalue weighted by molar-refractivity contribution is 0.576. The van der Waals surface area contributed by atoms with Crippen LogP contribution in [-0.4, -0.2) is 6.54 Å². The zero-order valence-corrected chi connectivity index (χ0v) is 11.0. The van der Waals surface area contributed by atoms with Crippen molar-refractivity contribution in [1.29, 1.82) is 0 Å². The highest BCUT2D eigenvalue weighted by Crippen LogP contribution is 2.34. The maximum Gasteiger partial charge on any atom is 0.0389 e. The molecular formula is C14H19NS. The van der Waals surface area contributed by atoms with Crippen molar-refractivity contribution in [1.82, 2.24) is 5.32 Å². The molecule has 16 heavy (non-hydrogen) atoms. The highest BCUT2D eigenvalue weighted by molar-refractivity contribution is 7.19. The van der Waals surface area contributed by atoms with Crippen LogP contribution in [0.3, 0.4) is 0 Å². The first-order valence-electron chi connectivity index (χ1n) is 5.95. The molecule has 0 saturated carbocycles. The molecule has 0 spiro atoms. The van der Waals surface area contributed by atoms with Crippen LogP contribution in [0.5, 0.6) is 0 Å². The van der Waals surface area contributed by atoms with Gasteiger partial charge in [0.15, 0.2) is 0 Å². The third-order valence-electron chi connectivity index (χ3n) is 2.97. The van der Waals surface area contributed by atoms with Crippen molar-refractivity contribution in [3.63, 3.8) is 0 Å². The molecule has 1 N–H and O–H groups in total. The fourth-order valence-electron chi connectivity index (χ4n) is 2.06. The van der Waals surface area contributed by atoms with E-state index >= 15 is 0 Å². The Labute approximate surface area is 101 Å². The van der Waals surface area contributed by atoms with Crippen molar-refractivity contribution in [2.75, 3.05) is 6.54 Å². The van der Waals surface area contributed by atoms with Crippen LogP contribution in [0.2, 0.25) is 0 Å². The van der Waals surface area contributed by atoms with E-state index < -0.39 is 0 Å². The summed E-state index contributed by atoms with van der Waals surface area (Å²) in [5.74, 6) is 0. The van der Waals surface area contributed by atoms with Gasteiger partial charge in [-0.05, 0) is 43.8 Å². The Kier molecular flexibility index (Phi) is 3.62. The van der Waals surface area contributed by atoms with Crippen molar-refractivity contribution >= 4 is 21.4 Å². The van der Waals surface area contributed by atoms with Crippen LogP contribution in [0.25, 0.3) is 10.1 Å². The van der Waals surface area contributed by atoms with Gasteiger partial charge in [0.05, 0.1) is 0 Å². The molecule has 0 fully saturated rings. The number of aryl methyl sites for hydroxylation is 1. The number of rotatable bonds is 4. The number of hydrogen-bond acceptors (Lipinski definition) is 2. The van der Waals surface area contributed by atoms with Gasteiger partial charge in [0, 0.05) is 15.6 Å². The zero-order valence-electron chi connectivity index (χ0n) is 10.2. The second-order valence-corrected chi connectivity index (χ2v) is 5.35. The van der Waals surface area contributed by atoms with Crippen molar-refractivity contribution in [2.45, 2.75) is 33.2 Å². The minimum absolute atomic E-state index is 0.470. The van der Waals surface area contributed by atoms with Gasteiger partial charge in [0.2, 0.25) is 0 Å². The van der Waals surface area contributed by atoms with Gasteiger partial charge in [-0.15, -0.1) is 11.3 Å². The summed E-state index contributed by atoms with van der Waals surface area (Å²) >= 11 is 1.92. The van der Waals surface area contributed by atoms with E-state index in [9.17, 15) is 0 Å². The Balaban J connectivity index is 2.33. The van der Waals surface area contributed by atoms with E-state index in [1.165, 1.54) is 26.9 Å². The summed E-state index contributed by atoms with van der Waals surface area (Å²) in [5.41, 5.74) is 1.44. The Bertz CT molecular complexity index is 473. The molecule has 1 unspecified atom stereocenters. The molecule has 0 radical (unpaired) electrons. The van der Waals surface area contributed by atoms with Gasteiger partial charge in [-0.3, -0.25) is 0 Å². The van der Waals surface area contributed by atoms with Gasteiger partial charge in [-0.2, -0.15) is 0 Å². The first-order chi connectivity index (χ1) is 7.74. The van der Waals surface area contributed by atoms with Crippen LogP contribution >= 0.6 is 11.3 Å². The van der Waals surface area contributed by atoms with Crippen LogP contribution in [-0.2, 0) is 0 Å². The standard InChI is InChI=1S/C14H19NS/c1-4-9-15-11(3)14-10(2)12-7-5-6-8-13(12)16-14/h5-8,11,15H,4,9H2,1-3H3. The van der Waals surface area contributed by atoms with Crippen LogP contribution in [0.1, 0.15) is 36.8 Å². The van der Waals surface area contributed by atoms with Crippen molar-refractivity contribution in [3.05, 3.63) is 34.7 Å². The van der Waals surface area contributed by atoms with E-state index in [-0.39, 0.29) is 0 Å². The summed E-state index contributed by atoms with van der Waals surface area (Å²) in [5, 5.41) is 4.97. The van der Waals surface area contributed by atoms with Gasteiger partial charge >= 0.3 is 0 Å². The normalized spacial score (nSPS) is 13.2. The molecule has 0 saturated heterocycles. The molecule has 1 aromatic heterocycles. The molecule has 86 valence electrons. The van der Waals surface area contributed by atoms with Gasteiger partial charge in [-0.1, -0.05) is 25.1 Å². The second kappa shape index (κ2) is 4.98. The third kappa shape index (κ3) is 2.13. The lowest BCUT2D eigenvalue weighted by Crippen LogP contribution is -2.18. The molecule has 1 atom stereocenters. The minimum atomic E-state index is 0.470. The highest BCUT2D eigenvalue weighted by atomic mass is 32.1. The number of hydrogen-bond donors (Lipinski definition) is 1. The van der Waals surface area contributed by atoms with E-state index in [4.69, 9.17) is 0 Å². The lowest BCUT2D eigenvalue weighted by Gasteiger charge is -2.12. The molecule has 2 heteroatoms. The SMILES string of the molecule is CCCNC(C)c1sc2ccccc2c1C. The Morgan fingerprint density at radius 1 is 1.31 bits per heavy atom. The minimum Gasteiger partial charge on any atom is -0.309 e. The van der Waals surface area contributed by atoms with E-state index in [2.05, 4.69) is 50.4 Å². The number of fused-ring (bicyclic) bond motifs is 1. The predicted molar refractivity (Wildman–Crippen MR) is 73.3 cm³/mol. The predicted octanol–water partition coefficient (Wildman–Crippen LogP) is 4.27. The maximum absolute atomic E-state index is 3.56. The summed E-state index contributed by atoms with van der Waals surface area (Å²) < 4.78 is 1.40. The first-order valence-corrected chi connectivity index (χ1v) is 6.77. The van der Waals surface area contributed by atoms with Gasteiger partial charge in [0.25, 0.3) is 0 Å². The molecular weight excluding hydrogens is 214 g/mol. The van der Waals surface area contributed by atoms with E-state index in [0.717, 1.165) is 6.54 Å². The first kappa shape index (κ1) is 11.6. The quantitative estimate of drug-likeness (QED) is 0.831. The molecule has 1 aromatic carbocycles. The summed E-state index contributed by atoms with van der Waals surface area (Å²) in [7, 11) is 0. The smallest absolute Gasteiger partial charge is 0.0389 e. The van der Waals surface area contributed by atoms with Gasteiger partial charge in [-0.25, -0.2) is 0 Å². The maximum atomic E-state index is 3.56. The van der Waals surface area contributed by atoms with Crippen LogP contribution in [0.15, 0.2) is 24.3 Å². The summed E-state index contributed by atoms with van der Waals surface area (Å²) in [6, 6.07) is 9.14. The third-order valence-corrected chi connectivity index (χ3v) is 4.43. The molecule has 0 aliphatic carbocycles. The average Bonchev–Trinajstić information content (AvgIpc) is 2.64. The van der Waals surface area contributed by atoms with Gasteiger partial charge in [0.1, 0.15) is 0 Å². The molecule has 2 rings (SSSR count). The Morgan fingerprint density at radius 3 is 2.75 bits per heavy atom. The van der Waals surface area contributed by atoms with E-state index in [1.807, 2.05) is 11.3 Å². The molecule has 0 bridgehead atoms. The number of thiophene rings is 1. The van der Waals surface area contributed by atoms with Crippen LogP contribution in [0.4, 0.5) is 0 Å². The second-order valence-electron chi connectivity index (χ2n) is 4.26. The van der Waals surface area contributed by atoms with Crippen molar-refractivity contribution in [3.8, 4) is 0 Å². The number of nitrogens with one attached hydrogen (secondary N) is 1. The van der Waals surface area contributed by atoms with Crippen LogP contribution < -0.4 is 5.32 Å². The van der Waals surface area contributed by atoms with Crippen molar-refractivity contribution < 1.29 is 0 Å². The average molecular weight is 233 g/mol. The Hall–Kier alpha value is -0.860. The fraction of sp³-hybridized carbons (Fsp3) is 0.429. The van der Waals surface area contributed by atoms with Gasteiger partial charge < -0.3 is 5.32 Å². The van der Waals surface area contributed by atoms with Crippen molar-refractivity contribution in [2.24, 2.45) is 0 Å². The van der Waals surface area contributed by atoms with Crippen LogP contribution in [0, 0.1) is 6.92 Å². The molecule has 2 aromatic rings. The Morgan fingerprint density at radius 2 is 2.06 bits per heavy atom. The summed E-state index contributed by atoms with van der Waals surface area (Å²) in [6.45, 7) is 7.79. The number of benzene rings is 1.